The summed E-state index contributed by atoms with van der Waals surface area (Å²) in [6.07, 6.45) is 7.58. The van der Waals surface area contributed by atoms with E-state index in [0.717, 1.165) is 31.7 Å². The lowest BCUT2D eigenvalue weighted by Gasteiger charge is -2.18. The number of rotatable bonds is 8. The van der Waals surface area contributed by atoms with Gasteiger partial charge in [-0.1, -0.05) is 6.92 Å². The van der Waals surface area contributed by atoms with Crippen LogP contribution in [0.5, 0.6) is 0 Å². The molecule has 1 atom stereocenters. The second kappa shape index (κ2) is 8.14. The molecule has 17 heavy (non-hydrogen) atoms. The molecular formula is C13H23N3O. The maximum atomic E-state index is 5.59. The predicted octanol–water partition coefficient (Wildman–Crippen LogP) is 2.33. The van der Waals surface area contributed by atoms with Crippen molar-refractivity contribution in [2.45, 2.75) is 45.8 Å². The molecule has 0 radical (unpaired) electrons. The molecule has 0 saturated heterocycles. The molecule has 1 aromatic heterocycles. The molecule has 0 aliphatic carbocycles. The third-order valence-corrected chi connectivity index (χ3v) is 2.44. The van der Waals surface area contributed by atoms with Gasteiger partial charge >= 0.3 is 0 Å². The Bertz CT molecular complexity index is 290. The standard InChI is InChI=1S/C13H23N3O/c1-4-6-15-12(5-9-17-11(2)3)13-10-14-7-8-16-13/h7-8,10-12,15H,4-6,9H2,1-3H3. The molecule has 4 heteroatoms. The SMILES string of the molecule is CCCNC(CCOC(C)C)c1cnccn1. The Balaban J connectivity index is 2.48. The van der Waals surface area contributed by atoms with E-state index in [9.17, 15) is 0 Å². The van der Waals surface area contributed by atoms with Crippen molar-refractivity contribution in [3.8, 4) is 0 Å². The highest BCUT2D eigenvalue weighted by atomic mass is 16.5. The third-order valence-electron chi connectivity index (χ3n) is 2.44. The summed E-state index contributed by atoms with van der Waals surface area (Å²) in [7, 11) is 0. The normalized spacial score (nSPS) is 12.9. The van der Waals surface area contributed by atoms with E-state index in [0.29, 0.717) is 0 Å². The summed E-state index contributed by atoms with van der Waals surface area (Å²) in [6, 6.07) is 0.238. The fourth-order valence-electron chi connectivity index (χ4n) is 1.59. The Hall–Kier alpha value is -1.00. The van der Waals surface area contributed by atoms with Crippen LogP contribution in [0.15, 0.2) is 18.6 Å². The highest BCUT2D eigenvalue weighted by Crippen LogP contribution is 2.13. The van der Waals surface area contributed by atoms with E-state index in [-0.39, 0.29) is 12.1 Å². The van der Waals surface area contributed by atoms with Crippen LogP contribution in [0.1, 0.15) is 45.3 Å². The second-order valence-electron chi connectivity index (χ2n) is 4.35. The van der Waals surface area contributed by atoms with Gasteiger partial charge in [-0.15, -0.1) is 0 Å². The zero-order valence-electron chi connectivity index (χ0n) is 11.0. The highest BCUT2D eigenvalue weighted by molar-refractivity contribution is 5.02. The van der Waals surface area contributed by atoms with Gasteiger partial charge in [0.15, 0.2) is 0 Å². The molecule has 0 aliphatic rings. The van der Waals surface area contributed by atoms with Gasteiger partial charge in [-0.3, -0.25) is 9.97 Å². The summed E-state index contributed by atoms with van der Waals surface area (Å²) in [5.41, 5.74) is 0.994. The predicted molar refractivity (Wildman–Crippen MR) is 68.8 cm³/mol. The molecule has 1 unspecified atom stereocenters. The first-order chi connectivity index (χ1) is 8.24. The van der Waals surface area contributed by atoms with Gasteiger partial charge in [0.25, 0.3) is 0 Å². The van der Waals surface area contributed by atoms with Crippen LogP contribution in [-0.2, 0) is 4.74 Å². The average Bonchev–Trinajstić information content (AvgIpc) is 2.34. The van der Waals surface area contributed by atoms with Crippen LogP contribution < -0.4 is 5.32 Å². The first-order valence-electron chi connectivity index (χ1n) is 6.35. The van der Waals surface area contributed by atoms with Gasteiger partial charge in [0.05, 0.1) is 17.8 Å². The lowest BCUT2D eigenvalue weighted by molar-refractivity contribution is 0.0712. The van der Waals surface area contributed by atoms with E-state index in [1.165, 1.54) is 0 Å². The maximum Gasteiger partial charge on any atom is 0.0756 e. The summed E-state index contributed by atoms with van der Waals surface area (Å²) in [5, 5.41) is 3.48. The van der Waals surface area contributed by atoms with E-state index in [1.54, 1.807) is 12.4 Å². The van der Waals surface area contributed by atoms with Gasteiger partial charge in [0.2, 0.25) is 0 Å². The Kier molecular flexibility index (Phi) is 6.74. The van der Waals surface area contributed by atoms with Crippen LogP contribution in [0.3, 0.4) is 0 Å². The molecule has 96 valence electrons. The highest BCUT2D eigenvalue weighted by Gasteiger charge is 2.12. The van der Waals surface area contributed by atoms with Crippen LogP contribution >= 0.6 is 0 Å². The molecule has 0 bridgehead atoms. The molecule has 0 fully saturated rings. The minimum absolute atomic E-state index is 0.238. The summed E-state index contributed by atoms with van der Waals surface area (Å²) >= 11 is 0. The van der Waals surface area contributed by atoms with E-state index in [4.69, 9.17) is 4.74 Å². The van der Waals surface area contributed by atoms with Gasteiger partial charge in [-0.25, -0.2) is 0 Å². The topological polar surface area (TPSA) is 47.0 Å². The number of ether oxygens (including phenoxy) is 1. The van der Waals surface area contributed by atoms with Gasteiger partial charge in [-0.2, -0.15) is 0 Å². The van der Waals surface area contributed by atoms with Crippen LogP contribution in [-0.4, -0.2) is 29.2 Å². The van der Waals surface area contributed by atoms with E-state index in [2.05, 4.69) is 36.1 Å². The first kappa shape index (κ1) is 14.1. The number of hydrogen-bond acceptors (Lipinski definition) is 4. The number of nitrogens with one attached hydrogen (secondary N) is 1. The summed E-state index contributed by atoms with van der Waals surface area (Å²) < 4.78 is 5.59. The monoisotopic (exact) mass is 237 g/mol. The zero-order valence-corrected chi connectivity index (χ0v) is 11.0. The van der Waals surface area contributed by atoms with Crippen molar-refractivity contribution < 1.29 is 4.74 Å². The van der Waals surface area contributed by atoms with Gasteiger partial charge in [0.1, 0.15) is 0 Å². The molecule has 1 rings (SSSR count). The summed E-state index contributed by atoms with van der Waals surface area (Å²) in [6.45, 7) is 8.00. The maximum absolute atomic E-state index is 5.59. The largest absolute Gasteiger partial charge is 0.379 e. The molecule has 1 N–H and O–H groups in total. The lowest BCUT2D eigenvalue weighted by atomic mass is 10.1. The average molecular weight is 237 g/mol. The third kappa shape index (κ3) is 5.75. The van der Waals surface area contributed by atoms with Crippen molar-refractivity contribution in [1.82, 2.24) is 15.3 Å². The van der Waals surface area contributed by atoms with Gasteiger partial charge in [-0.05, 0) is 33.2 Å². The van der Waals surface area contributed by atoms with Crippen LogP contribution in [0.2, 0.25) is 0 Å². The van der Waals surface area contributed by atoms with Crippen LogP contribution in [0.25, 0.3) is 0 Å². The van der Waals surface area contributed by atoms with E-state index >= 15 is 0 Å². The smallest absolute Gasteiger partial charge is 0.0756 e. The second-order valence-corrected chi connectivity index (χ2v) is 4.35. The van der Waals surface area contributed by atoms with Crippen molar-refractivity contribution in [1.29, 1.82) is 0 Å². The van der Waals surface area contributed by atoms with Crippen molar-refractivity contribution in [3.63, 3.8) is 0 Å². The Morgan fingerprint density at radius 2 is 2.18 bits per heavy atom. The molecule has 0 aromatic carbocycles. The molecule has 1 aromatic rings. The zero-order chi connectivity index (χ0) is 12.5. The minimum atomic E-state index is 0.238. The molecule has 0 spiro atoms. The van der Waals surface area contributed by atoms with Gasteiger partial charge < -0.3 is 10.1 Å². The Labute approximate surface area is 104 Å². The number of hydrogen-bond donors (Lipinski definition) is 1. The number of aromatic nitrogens is 2. The molecule has 1 heterocycles. The molecule has 0 saturated carbocycles. The minimum Gasteiger partial charge on any atom is -0.379 e. The van der Waals surface area contributed by atoms with Crippen molar-refractivity contribution in [2.24, 2.45) is 0 Å². The molecule has 0 amide bonds. The van der Waals surface area contributed by atoms with Crippen LogP contribution in [0.4, 0.5) is 0 Å². The molecular weight excluding hydrogens is 214 g/mol. The summed E-state index contributed by atoms with van der Waals surface area (Å²) in [4.78, 5) is 8.46. The quantitative estimate of drug-likeness (QED) is 0.754. The van der Waals surface area contributed by atoms with E-state index in [1.807, 2.05) is 6.20 Å². The summed E-state index contributed by atoms with van der Waals surface area (Å²) in [5.74, 6) is 0. The van der Waals surface area contributed by atoms with E-state index < -0.39 is 0 Å². The van der Waals surface area contributed by atoms with Gasteiger partial charge in [0, 0.05) is 25.2 Å². The fraction of sp³-hybridized carbons (Fsp3) is 0.692. The lowest BCUT2D eigenvalue weighted by Crippen LogP contribution is -2.25. The number of nitrogens with zero attached hydrogens (tertiary/aromatic N) is 2. The van der Waals surface area contributed by atoms with Crippen molar-refractivity contribution in [3.05, 3.63) is 24.3 Å². The molecule has 4 nitrogen and oxygen atoms in total. The fourth-order valence-corrected chi connectivity index (χ4v) is 1.59. The first-order valence-corrected chi connectivity index (χ1v) is 6.35. The molecule has 0 aliphatic heterocycles. The van der Waals surface area contributed by atoms with Crippen molar-refractivity contribution >= 4 is 0 Å². The Morgan fingerprint density at radius 3 is 2.76 bits per heavy atom. The Morgan fingerprint density at radius 1 is 1.35 bits per heavy atom. The van der Waals surface area contributed by atoms with Crippen molar-refractivity contribution in [2.75, 3.05) is 13.2 Å². The van der Waals surface area contributed by atoms with Crippen LogP contribution in [0, 0.1) is 0 Å².